The third kappa shape index (κ3) is 6.70. The van der Waals surface area contributed by atoms with Gasteiger partial charge in [0.15, 0.2) is 5.69 Å². The minimum atomic E-state index is -0.860. The van der Waals surface area contributed by atoms with Crippen LogP contribution in [0.15, 0.2) is 47.1 Å². The number of aromatic amines is 1. The molecule has 2 amide bonds. The number of halogens is 1. The van der Waals surface area contributed by atoms with Crippen molar-refractivity contribution < 1.29 is 23.3 Å². The van der Waals surface area contributed by atoms with Crippen LogP contribution in [-0.4, -0.2) is 49.5 Å². The van der Waals surface area contributed by atoms with Crippen LogP contribution in [0.3, 0.4) is 0 Å². The maximum absolute atomic E-state index is 15.1. The quantitative estimate of drug-likeness (QED) is 0.183. The molecule has 2 saturated carbocycles. The van der Waals surface area contributed by atoms with Gasteiger partial charge in [-0.1, -0.05) is 35.5 Å². The number of anilines is 1. The number of carbonyl (C=O) groups excluding carboxylic acids is 2. The van der Waals surface area contributed by atoms with Crippen molar-refractivity contribution in [1.29, 1.82) is 0 Å². The third-order valence-electron chi connectivity index (χ3n) is 8.41. The van der Waals surface area contributed by atoms with Gasteiger partial charge in [-0.3, -0.25) is 14.7 Å². The molecule has 12 heteroatoms. The largest absolute Gasteiger partial charge is 0.373 e. The van der Waals surface area contributed by atoms with Crippen LogP contribution in [0.5, 0.6) is 0 Å². The molecule has 0 aliphatic heterocycles. The summed E-state index contributed by atoms with van der Waals surface area (Å²) in [5, 5.41) is 20.5. The molecule has 11 nitrogen and oxygen atoms in total. The molecule has 1 unspecified atom stereocenters. The Hall–Kier alpha value is -4.45. The zero-order valence-electron chi connectivity index (χ0n) is 25.0. The Bertz CT molecular complexity index is 1600. The SMILES string of the molecule is Cc1n[nH]c(C)c1-c1ccc(NC(=O)[C@@H](NC(=O)c2nonc2CC(C)OCc2ccccc2)C(C2CC2)C2CC2)nc1F. The highest BCUT2D eigenvalue weighted by Gasteiger charge is 2.48. The standard InChI is InChI=1S/C32H36FN7O4/c1-17(43-16-20-7-5-4-6-8-20)15-24-28(40-44-39-24)31(41)36-29(27(21-9-10-21)22-11-12-22)32(42)35-25-14-13-23(30(33)34-25)26-18(2)37-38-19(26)3/h4-8,13-14,17,21-22,27,29H,9-12,15-16H2,1-3H3,(H,36,41)(H,37,38)(H,34,35,42)/t17?,29-/m0/s1. The second-order valence-corrected chi connectivity index (χ2v) is 11.9. The molecule has 6 rings (SSSR count). The van der Waals surface area contributed by atoms with Crippen LogP contribution in [-0.2, 0) is 22.6 Å². The second kappa shape index (κ2) is 12.7. The minimum absolute atomic E-state index is 0.0164. The summed E-state index contributed by atoms with van der Waals surface area (Å²) < 4.78 is 26.0. The van der Waals surface area contributed by atoms with Gasteiger partial charge >= 0.3 is 0 Å². The van der Waals surface area contributed by atoms with Crippen molar-refractivity contribution in [3.63, 3.8) is 0 Å². The van der Waals surface area contributed by atoms with Crippen molar-refractivity contribution in [3.8, 4) is 11.1 Å². The van der Waals surface area contributed by atoms with Crippen molar-refractivity contribution in [3.05, 3.63) is 76.8 Å². The van der Waals surface area contributed by atoms with Crippen LogP contribution in [0.25, 0.3) is 11.1 Å². The number of aromatic nitrogens is 5. The van der Waals surface area contributed by atoms with Gasteiger partial charge in [-0.25, -0.2) is 9.61 Å². The summed E-state index contributed by atoms with van der Waals surface area (Å²) in [6.45, 7) is 5.89. The van der Waals surface area contributed by atoms with Crippen molar-refractivity contribution >= 4 is 17.6 Å². The number of nitrogens with zero attached hydrogens (tertiary/aromatic N) is 4. The van der Waals surface area contributed by atoms with Crippen molar-refractivity contribution in [2.45, 2.75) is 71.6 Å². The van der Waals surface area contributed by atoms with E-state index in [-0.39, 0.29) is 23.5 Å². The number of benzene rings is 1. The van der Waals surface area contributed by atoms with E-state index in [1.54, 1.807) is 19.1 Å². The number of nitrogens with one attached hydrogen (secondary N) is 3. The summed E-state index contributed by atoms with van der Waals surface area (Å²) in [7, 11) is 0. The lowest BCUT2D eigenvalue weighted by Gasteiger charge is -2.27. The number of aryl methyl sites for hydroxylation is 2. The van der Waals surface area contributed by atoms with Gasteiger partial charge in [0.25, 0.3) is 5.91 Å². The number of ether oxygens (including phenoxy) is 1. The van der Waals surface area contributed by atoms with E-state index in [1.807, 2.05) is 44.2 Å². The molecule has 230 valence electrons. The molecule has 3 N–H and O–H groups in total. The van der Waals surface area contributed by atoms with E-state index in [1.165, 1.54) is 0 Å². The van der Waals surface area contributed by atoms with Crippen LogP contribution >= 0.6 is 0 Å². The minimum Gasteiger partial charge on any atom is -0.373 e. The highest BCUT2D eigenvalue weighted by Crippen LogP contribution is 2.51. The first kappa shape index (κ1) is 29.6. The Kier molecular flexibility index (Phi) is 8.51. The number of amides is 2. The van der Waals surface area contributed by atoms with E-state index in [9.17, 15) is 9.59 Å². The van der Waals surface area contributed by atoms with Gasteiger partial charge in [0, 0.05) is 23.2 Å². The predicted octanol–water partition coefficient (Wildman–Crippen LogP) is 4.93. The molecule has 44 heavy (non-hydrogen) atoms. The molecule has 2 aliphatic carbocycles. The van der Waals surface area contributed by atoms with E-state index < -0.39 is 23.8 Å². The lowest BCUT2D eigenvalue weighted by atomic mass is 9.88. The first-order valence-corrected chi connectivity index (χ1v) is 15.1. The van der Waals surface area contributed by atoms with E-state index in [4.69, 9.17) is 9.37 Å². The Morgan fingerprint density at radius 1 is 1.07 bits per heavy atom. The zero-order valence-corrected chi connectivity index (χ0v) is 25.0. The Morgan fingerprint density at radius 3 is 2.43 bits per heavy atom. The Balaban J connectivity index is 1.16. The third-order valence-corrected chi connectivity index (χ3v) is 8.41. The van der Waals surface area contributed by atoms with E-state index in [2.05, 4.69) is 36.1 Å². The molecule has 1 aromatic carbocycles. The summed E-state index contributed by atoms with van der Waals surface area (Å²) in [5.74, 6) is -1.04. The first-order valence-electron chi connectivity index (χ1n) is 15.1. The highest BCUT2D eigenvalue weighted by molar-refractivity contribution is 6.00. The van der Waals surface area contributed by atoms with Crippen LogP contribution < -0.4 is 10.6 Å². The lowest BCUT2D eigenvalue weighted by molar-refractivity contribution is -0.119. The maximum atomic E-state index is 15.1. The van der Waals surface area contributed by atoms with Crippen molar-refractivity contribution in [2.24, 2.45) is 17.8 Å². The Morgan fingerprint density at radius 2 is 1.80 bits per heavy atom. The maximum Gasteiger partial charge on any atom is 0.276 e. The number of hydrogen-bond acceptors (Lipinski definition) is 8. The van der Waals surface area contributed by atoms with E-state index in [0.717, 1.165) is 36.9 Å². The number of H-pyrrole nitrogens is 1. The van der Waals surface area contributed by atoms with E-state index >= 15 is 4.39 Å². The van der Waals surface area contributed by atoms with Crippen LogP contribution in [0.2, 0.25) is 0 Å². The summed E-state index contributed by atoms with van der Waals surface area (Å²) in [6.07, 6.45) is 4.03. The molecular formula is C32H36FN7O4. The molecule has 0 radical (unpaired) electrons. The van der Waals surface area contributed by atoms with Gasteiger partial charge in [-0.05, 0) is 87.1 Å². The molecule has 2 atom stereocenters. The highest BCUT2D eigenvalue weighted by atomic mass is 19.1. The number of carbonyl (C=O) groups is 2. The zero-order chi connectivity index (χ0) is 30.8. The Labute approximate surface area is 254 Å². The predicted molar refractivity (Wildman–Crippen MR) is 159 cm³/mol. The average Bonchev–Trinajstić information content (AvgIpc) is 3.95. The molecule has 0 spiro atoms. The molecule has 3 aromatic heterocycles. The summed E-state index contributed by atoms with van der Waals surface area (Å²) in [4.78, 5) is 31.3. The molecule has 2 fully saturated rings. The van der Waals surface area contributed by atoms with Crippen molar-refractivity contribution in [2.75, 3.05) is 5.32 Å². The second-order valence-electron chi connectivity index (χ2n) is 11.9. The fraction of sp³-hybridized carbons (Fsp3) is 0.438. The van der Waals surface area contributed by atoms with Gasteiger partial charge in [-0.2, -0.15) is 9.49 Å². The number of rotatable bonds is 13. The lowest BCUT2D eigenvalue weighted by Crippen LogP contribution is -2.50. The molecule has 0 bridgehead atoms. The van der Waals surface area contributed by atoms with Gasteiger partial charge in [0.05, 0.1) is 18.4 Å². The first-order chi connectivity index (χ1) is 21.3. The van der Waals surface area contributed by atoms with Gasteiger partial charge in [0.1, 0.15) is 17.6 Å². The average molecular weight is 602 g/mol. The molecule has 3 heterocycles. The van der Waals surface area contributed by atoms with Gasteiger partial charge in [-0.15, -0.1) is 0 Å². The molecule has 2 aliphatic rings. The topological polar surface area (TPSA) is 148 Å². The van der Waals surface area contributed by atoms with Crippen LogP contribution in [0.4, 0.5) is 10.2 Å². The van der Waals surface area contributed by atoms with Gasteiger partial charge < -0.3 is 15.4 Å². The van der Waals surface area contributed by atoms with Crippen LogP contribution in [0.1, 0.15) is 65.7 Å². The summed E-state index contributed by atoms with van der Waals surface area (Å²) in [5.41, 5.74) is 3.70. The monoisotopic (exact) mass is 601 g/mol. The summed E-state index contributed by atoms with van der Waals surface area (Å²) in [6, 6.07) is 12.1. The molecule has 4 aromatic rings. The fourth-order valence-electron chi connectivity index (χ4n) is 5.94. The molecular weight excluding hydrogens is 565 g/mol. The summed E-state index contributed by atoms with van der Waals surface area (Å²) >= 11 is 0. The normalized spacial score (nSPS) is 16.1. The number of pyridine rings is 1. The van der Waals surface area contributed by atoms with Gasteiger partial charge in [0.2, 0.25) is 11.9 Å². The smallest absolute Gasteiger partial charge is 0.276 e. The van der Waals surface area contributed by atoms with Crippen molar-refractivity contribution in [1.82, 2.24) is 30.8 Å². The van der Waals surface area contributed by atoms with Crippen LogP contribution in [0, 0.1) is 37.5 Å². The number of hydrogen-bond donors (Lipinski definition) is 3. The molecule has 0 saturated heterocycles. The fourth-order valence-corrected chi connectivity index (χ4v) is 5.94. The van der Waals surface area contributed by atoms with E-state index in [0.29, 0.717) is 47.4 Å².